The van der Waals surface area contributed by atoms with Crippen molar-refractivity contribution >= 4 is 16.9 Å². The van der Waals surface area contributed by atoms with Gasteiger partial charge in [0.05, 0.1) is 18.4 Å². The number of furan rings is 1. The molecular weight excluding hydrogens is 372 g/mol. The number of carbonyl (C=O) groups is 1. The lowest BCUT2D eigenvalue weighted by Crippen LogP contribution is -2.08. The van der Waals surface area contributed by atoms with Gasteiger partial charge in [0.15, 0.2) is 0 Å². The van der Waals surface area contributed by atoms with Crippen LogP contribution in [0.15, 0.2) is 71.3 Å². The summed E-state index contributed by atoms with van der Waals surface area (Å²) in [5.41, 5.74) is 2.42. The second-order valence-electron chi connectivity index (χ2n) is 6.63. The van der Waals surface area contributed by atoms with E-state index >= 15 is 0 Å². The van der Waals surface area contributed by atoms with Crippen molar-refractivity contribution in [2.45, 2.75) is 6.42 Å². The normalized spacial score (nSPS) is 10.9. The molecule has 0 unspecified atom stereocenters. The van der Waals surface area contributed by atoms with Crippen LogP contribution in [0.4, 0.5) is 0 Å². The number of benzene rings is 3. The van der Waals surface area contributed by atoms with Crippen LogP contribution in [0.1, 0.15) is 15.9 Å². The Hall–Kier alpha value is -3.93. The van der Waals surface area contributed by atoms with Crippen LogP contribution in [-0.4, -0.2) is 27.9 Å². The number of phenolic OH excluding ortho intramolecular Hbond substituents is 3. The molecule has 3 aromatic carbocycles. The number of aromatic hydroxyl groups is 3. The Balaban J connectivity index is 1.68. The molecule has 4 aromatic rings. The number of phenols is 3. The van der Waals surface area contributed by atoms with E-state index in [0.29, 0.717) is 22.9 Å². The summed E-state index contributed by atoms with van der Waals surface area (Å²) in [6.45, 7) is 0.181. The Kier molecular flexibility index (Phi) is 4.83. The number of rotatable bonds is 5. The zero-order valence-electron chi connectivity index (χ0n) is 15.3. The molecule has 0 aliphatic rings. The number of fused-ring (bicyclic) bond motifs is 1. The van der Waals surface area contributed by atoms with Crippen molar-refractivity contribution in [1.82, 2.24) is 0 Å². The van der Waals surface area contributed by atoms with E-state index in [1.54, 1.807) is 0 Å². The average Bonchev–Trinajstić information content (AvgIpc) is 3.11. The summed E-state index contributed by atoms with van der Waals surface area (Å²) >= 11 is 0. The third-order valence-corrected chi connectivity index (χ3v) is 4.56. The molecule has 0 spiro atoms. The van der Waals surface area contributed by atoms with E-state index in [0.717, 1.165) is 5.56 Å². The summed E-state index contributed by atoms with van der Waals surface area (Å²) in [7, 11) is 0. The molecule has 6 nitrogen and oxygen atoms in total. The molecule has 29 heavy (non-hydrogen) atoms. The molecule has 0 saturated heterocycles. The first-order chi connectivity index (χ1) is 14.0. The molecule has 0 bridgehead atoms. The van der Waals surface area contributed by atoms with Crippen LogP contribution >= 0.6 is 0 Å². The number of carbonyl (C=O) groups excluding carboxylic acids is 1. The highest BCUT2D eigenvalue weighted by Gasteiger charge is 2.20. The van der Waals surface area contributed by atoms with Crippen LogP contribution in [0.25, 0.3) is 22.1 Å². The van der Waals surface area contributed by atoms with E-state index < -0.39 is 5.97 Å². The van der Waals surface area contributed by atoms with E-state index in [-0.39, 0.29) is 35.0 Å². The molecule has 0 aliphatic heterocycles. The Morgan fingerprint density at radius 3 is 2.31 bits per heavy atom. The molecule has 0 atom stereocenters. The maximum atomic E-state index is 12.7. The lowest BCUT2D eigenvalue weighted by atomic mass is 10.00. The zero-order valence-corrected chi connectivity index (χ0v) is 15.3. The minimum atomic E-state index is -0.603. The monoisotopic (exact) mass is 390 g/mol. The van der Waals surface area contributed by atoms with Crippen LogP contribution in [0, 0.1) is 0 Å². The van der Waals surface area contributed by atoms with Gasteiger partial charge in [-0.25, -0.2) is 4.79 Å². The minimum absolute atomic E-state index is 0.125. The molecule has 1 heterocycles. The van der Waals surface area contributed by atoms with Crippen molar-refractivity contribution < 1.29 is 29.3 Å². The van der Waals surface area contributed by atoms with Gasteiger partial charge in [0.2, 0.25) is 0 Å². The molecule has 0 aliphatic carbocycles. The van der Waals surface area contributed by atoms with Gasteiger partial charge in [-0.05, 0) is 29.3 Å². The largest absolute Gasteiger partial charge is 0.508 e. The zero-order chi connectivity index (χ0) is 20.4. The van der Waals surface area contributed by atoms with Gasteiger partial charge in [-0.1, -0.05) is 30.3 Å². The Labute approximate surface area is 166 Å². The quantitative estimate of drug-likeness (QED) is 0.430. The molecule has 0 radical (unpaired) electrons. The maximum absolute atomic E-state index is 12.7. The molecule has 6 heteroatoms. The van der Waals surface area contributed by atoms with Gasteiger partial charge in [-0.2, -0.15) is 0 Å². The summed E-state index contributed by atoms with van der Waals surface area (Å²) in [5, 5.41) is 30.0. The van der Waals surface area contributed by atoms with Crippen LogP contribution in [-0.2, 0) is 11.2 Å². The minimum Gasteiger partial charge on any atom is -0.508 e. The molecular formula is C23H18O6. The van der Waals surface area contributed by atoms with Crippen molar-refractivity contribution in [3.8, 4) is 28.4 Å². The lowest BCUT2D eigenvalue weighted by molar-refractivity contribution is 0.0511. The molecule has 0 fully saturated rings. The first kappa shape index (κ1) is 18.4. The van der Waals surface area contributed by atoms with Crippen molar-refractivity contribution in [1.29, 1.82) is 0 Å². The Bertz CT molecular complexity index is 1160. The van der Waals surface area contributed by atoms with E-state index in [4.69, 9.17) is 9.15 Å². The van der Waals surface area contributed by atoms with Crippen LogP contribution in [0.2, 0.25) is 0 Å². The first-order valence-electron chi connectivity index (χ1n) is 9.00. The van der Waals surface area contributed by atoms with Crippen molar-refractivity contribution in [2.24, 2.45) is 0 Å². The van der Waals surface area contributed by atoms with E-state index in [9.17, 15) is 20.1 Å². The van der Waals surface area contributed by atoms with E-state index in [1.165, 1.54) is 36.6 Å². The summed E-state index contributed by atoms with van der Waals surface area (Å²) in [4.78, 5) is 12.7. The highest BCUT2D eigenvalue weighted by molar-refractivity contribution is 6.10. The molecule has 1 aromatic heterocycles. The van der Waals surface area contributed by atoms with Gasteiger partial charge < -0.3 is 24.5 Å². The molecule has 146 valence electrons. The SMILES string of the molecule is O=C(OCCc1ccccc1)c1cc(O)cc2occ(-c3cc(O)cc(O)c3)c12. The second kappa shape index (κ2) is 7.59. The van der Waals surface area contributed by atoms with Crippen molar-refractivity contribution in [3.05, 3.63) is 78.1 Å². The van der Waals surface area contributed by atoms with E-state index in [1.807, 2.05) is 30.3 Å². The summed E-state index contributed by atoms with van der Waals surface area (Å²) in [6, 6.07) is 16.4. The molecule has 0 saturated carbocycles. The fraction of sp³-hybridized carbons (Fsp3) is 0.0870. The average molecular weight is 390 g/mol. The predicted octanol–water partition coefficient (Wildman–Crippen LogP) is 4.62. The number of hydrogen-bond acceptors (Lipinski definition) is 6. The number of hydrogen-bond donors (Lipinski definition) is 3. The van der Waals surface area contributed by atoms with Gasteiger partial charge in [0, 0.05) is 29.5 Å². The standard InChI is InChI=1S/C23H18O6/c24-16-8-15(9-17(25)10-16)20-13-29-21-12-18(26)11-19(22(20)21)23(27)28-7-6-14-4-2-1-3-5-14/h1-5,8-13,24-26H,6-7H2. The van der Waals surface area contributed by atoms with Gasteiger partial charge in [0.25, 0.3) is 0 Å². The van der Waals surface area contributed by atoms with Gasteiger partial charge >= 0.3 is 5.97 Å². The predicted molar refractivity (Wildman–Crippen MR) is 107 cm³/mol. The third-order valence-electron chi connectivity index (χ3n) is 4.56. The number of esters is 1. The third kappa shape index (κ3) is 3.87. The number of ether oxygens (including phenoxy) is 1. The molecule has 0 amide bonds. The van der Waals surface area contributed by atoms with Crippen LogP contribution < -0.4 is 0 Å². The summed E-state index contributed by atoms with van der Waals surface area (Å²) < 4.78 is 10.9. The highest BCUT2D eigenvalue weighted by Crippen LogP contribution is 2.38. The van der Waals surface area contributed by atoms with Gasteiger partial charge in [-0.3, -0.25) is 0 Å². The first-order valence-corrected chi connectivity index (χ1v) is 9.00. The van der Waals surface area contributed by atoms with Crippen LogP contribution in [0.3, 0.4) is 0 Å². The van der Waals surface area contributed by atoms with Crippen molar-refractivity contribution in [2.75, 3.05) is 6.61 Å². The maximum Gasteiger partial charge on any atom is 0.339 e. The van der Waals surface area contributed by atoms with Gasteiger partial charge in [0.1, 0.15) is 22.8 Å². The Morgan fingerprint density at radius 1 is 0.897 bits per heavy atom. The molecule has 4 rings (SSSR count). The lowest BCUT2D eigenvalue weighted by Gasteiger charge is -2.08. The van der Waals surface area contributed by atoms with Gasteiger partial charge in [-0.15, -0.1) is 0 Å². The van der Waals surface area contributed by atoms with Crippen LogP contribution in [0.5, 0.6) is 17.2 Å². The summed E-state index contributed by atoms with van der Waals surface area (Å²) in [6.07, 6.45) is 1.96. The fourth-order valence-corrected chi connectivity index (χ4v) is 3.26. The highest BCUT2D eigenvalue weighted by atomic mass is 16.5. The smallest absolute Gasteiger partial charge is 0.339 e. The molecule has 3 N–H and O–H groups in total. The second-order valence-corrected chi connectivity index (χ2v) is 6.63. The van der Waals surface area contributed by atoms with Crippen molar-refractivity contribution in [3.63, 3.8) is 0 Å². The summed E-state index contributed by atoms with van der Waals surface area (Å²) in [5.74, 6) is -0.985. The van der Waals surface area contributed by atoms with E-state index in [2.05, 4.69) is 0 Å². The topological polar surface area (TPSA) is 100 Å². The fourth-order valence-electron chi connectivity index (χ4n) is 3.26. The Morgan fingerprint density at radius 2 is 1.59 bits per heavy atom.